The monoisotopic (exact) mass is 202 g/mol. The zero-order valence-electron chi connectivity index (χ0n) is 8.00. The molecule has 2 N–H and O–H groups in total. The van der Waals surface area contributed by atoms with E-state index in [-0.39, 0.29) is 12.3 Å². The minimum atomic E-state index is -0.360. The zero-order valence-corrected chi connectivity index (χ0v) is 8.00. The van der Waals surface area contributed by atoms with Crippen molar-refractivity contribution in [3.05, 3.63) is 42.5 Å². The first-order valence-electron chi connectivity index (χ1n) is 4.48. The maximum atomic E-state index is 10.7. The van der Waals surface area contributed by atoms with Gasteiger partial charge in [-0.2, -0.15) is 5.10 Å². The maximum absolute atomic E-state index is 10.7. The van der Waals surface area contributed by atoms with Crippen LogP contribution in [0.3, 0.4) is 0 Å². The second-order valence-corrected chi connectivity index (χ2v) is 3.15. The third kappa shape index (κ3) is 2.19. The summed E-state index contributed by atoms with van der Waals surface area (Å²) in [7, 11) is 0. The Morgan fingerprint density at radius 2 is 2.33 bits per heavy atom. The average Bonchev–Trinajstić information content (AvgIpc) is 2.67. The lowest BCUT2D eigenvalue weighted by Gasteiger charge is -1.97. The highest BCUT2D eigenvalue weighted by atomic mass is 16.1. The van der Waals surface area contributed by atoms with Gasteiger partial charge in [0, 0.05) is 12.4 Å². The van der Waals surface area contributed by atoms with Gasteiger partial charge in [-0.05, 0) is 17.7 Å². The van der Waals surface area contributed by atoms with Crippen LogP contribution in [-0.2, 0) is 11.2 Å². The third-order valence-corrected chi connectivity index (χ3v) is 1.92. The standard InChI is InChI=1S/C10H10N4O/c11-10(15)4-8-5-13-14(7-8)9-2-1-3-12-6-9/h1-3,5-7H,4H2,(H2,11,15). The van der Waals surface area contributed by atoms with Gasteiger partial charge < -0.3 is 5.73 Å². The number of pyridine rings is 1. The highest BCUT2D eigenvalue weighted by Crippen LogP contribution is 2.06. The van der Waals surface area contributed by atoms with E-state index in [0.29, 0.717) is 0 Å². The van der Waals surface area contributed by atoms with Crippen LogP contribution in [0, 0.1) is 0 Å². The molecule has 0 unspecified atom stereocenters. The summed E-state index contributed by atoms with van der Waals surface area (Å²) in [5.41, 5.74) is 6.74. The van der Waals surface area contributed by atoms with E-state index >= 15 is 0 Å². The lowest BCUT2D eigenvalue weighted by Crippen LogP contribution is -2.13. The van der Waals surface area contributed by atoms with Gasteiger partial charge in [0.15, 0.2) is 0 Å². The summed E-state index contributed by atoms with van der Waals surface area (Å²) in [6.45, 7) is 0. The van der Waals surface area contributed by atoms with Crippen LogP contribution in [0.4, 0.5) is 0 Å². The van der Waals surface area contributed by atoms with Crippen LogP contribution in [0.25, 0.3) is 5.69 Å². The van der Waals surface area contributed by atoms with Crippen molar-refractivity contribution in [3.8, 4) is 5.69 Å². The van der Waals surface area contributed by atoms with E-state index < -0.39 is 0 Å². The number of carbonyl (C=O) groups is 1. The van der Waals surface area contributed by atoms with E-state index in [2.05, 4.69) is 10.1 Å². The molecular weight excluding hydrogens is 192 g/mol. The van der Waals surface area contributed by atoms with Crippen LogP contribution in [0.15, 0.2) is 36.9 Å². The number of amides is 1. The van der Waals surface area contributed by atoms with Gasteiger partial charge in [-0.3, -0.25) is 9.78 Å². The Hall–Kier alpha value is -2.17. The summed E-state index contributed by atoms with van der Waals surface area (Å²) in [6.07, 6.45) is 6.98. The topological polar surface area (TPSA) is 73.8 Å². The molecule has 0 aliphatic heterocycles. The molecule has 2 rings (SSSR count). The fraction of sp³-hybridized carbons (Fsp3) is 0.100. The summed E-state index contributed by atoms with van der Waals surface area (Å²) in [5, 5.41) is 4.11. The quantitative estimate of drug-likeness (QED) is 0.777. The molecule has 15 heavy (non-hydrogen) atoms. The molecule has 2 heterocycles. The zero-order chi connectivity index (χ0) is 10.7. The fourth-order valence-electron chi connectivity index (χ4n) is 1.28. The van der Waals surface area contributed by atoms with Gasteiger partial charge in [-0.1, -0.05) is 0 Å². The number of nitrogens with zero attached hydrogens (tertiary/aromatic N) is 3. The van der Waals surface area contributed by atoms with E-state index in [9.17, 15) is 4.79 Å². The number of hydrogen-bond donors (Lipinski definition) is 1. The largest absolute Gasteiger partial charge is 0.369 e. The van der Waals surface area contributed by atoms with Gasteiger partial charge in [-0.15, -0.1) is 0 Å². The number of primary amides is 1. The Balaban J connectivity index is 2.24. The van der Waals surface area contributed by atoms with Gasteiger partial charge in [-0.25, -0.2) is 4.68 Å². The maximum Gasteiger partial charge on any atom is 0.221 e. The van der Waals surface area contributed by atoms with Gasteiger partial charge in [0.2, 0.25) is 5.91 Å². The van der Waals surface area contributed by atoms with Crippen molar-refractivity contribution in [2.45, 2.75) is 6.42 Å². The summed E-state index contributed by atoms with van der Waals surface area (Å²) in [5.74, 6) is -0.360. The molecule has 0 fully saturated rings. The number of rotatable bonds is 3. The molecule has 0 aromatic carbocycles. The molecule has 5 heteroatoms. The summed E-state index contributed by atoms with van der Waals surface area (Å²) in [4.78, 5) is 14.7. The van der Waals surface area contributed by atoms with E-state index in [0.717, 1.165) is 11.3 Å². The highest BCUT2D eigenvalue weighted by Gasteiger charge is 2.03. The second kappa shape index (κ2) is 3.91. The average molecular weight is 202 g/mol. The molecule has 2 aromatic heterocycles. The van der Waals surface area contributed by atoms with E-state index in [1.54, 1.807) is 29.5 Å². The number of hydrogen-bond acceptors (Lipinski definition) is 3. The molecule has 1 amide bonds. The molecule has 0 radical (unpaired) electrons. The number of nitrogens with two attached hydrogens (primary N) is 1. The smallest absolute Gasteiger partial charge is 0.221 e. The first-order valence-corrected chi connectivity index (χ1v) is 4.48. The molecule has 76 valence electrons. The van der Waals surface area contributed by atoms with Gasteiger partial charge in [0.1, 0.15) is 0 Å². The Kier molecular flexibility index (Phi) is 2.45. The van der Waals surface area contributed by atoms with E-state index in [1.807, 2.05) is 12.1 Å². The first-order chi connectivity index (χ1) is 7.25. The van der Waals surface area contributed by atoms with Crippen molar-refractivity contribution in [3.63, 3.8) is 0 Å². The predicted molar refractivity (Wildman–Crippen MR) is 54.3 cm³/mol. The van der Waals surface area contributed by atoms with Crippen molar-refractivity contribution < 1.29 is 4.79 Å². The lowest BCUT2D eigenvalue weighted by molar-refractivity contribution is -0.117. The van der Waals surface area contributed by atoms with Crippen LogP contribution in [0.2, 0.25) is 0 Å². The molecule has 0 spiro atoms. The van der Waals surface area contributed by atoms with Gasteiger partial charge in [0.25, 0.3) is 0 Å². The molecular formula is C10H10N4O. The molecule has 0 aliphatic carbocycles. The van der Waals surface area contributed by atoms with Crippen molar-refractivity contribution in [2.24, 2.45) is 5.73 Å². The minimum absolute atomic E-state index is 0.209. The Morgan fingerprint density at radius 3 is 3.00 bits per heavy atom. The van der Waals surface area contributed by atoms with Crippen molar-refractivity contribution in [2.75, 3.05) is 0 Å². The minimum Gasteiger partial charge on any atom is -0.369 e. The van der Waals surface area contributed by atoms with E-state index in [4.69, 9.17) is 5.73 Å². The predicted octanol–water partition coefficient (Wildman–Crippen LogP) is 0.295. The Morgan fingerprint density at radius 1 is 1.47 bits per heavy atom. The van der Waals surface area contributed by atoms with Crippen molar-refractivity contribution >= 4 is 5.91 Å². The fourth-order valence-corrected chi connectivity index (χ4v) is 1.28. The number of aromatic nitrogens is 3. The molecule has 0 atom stereocenters. The van der Waals surface area contributed by atoms with Crippen LogP contribution >= 0.6 is 0 Å². The van der Waals surface area contributed by atoms with Gasteiger partial charge in [0.05, 0.1) is 24.5 Å². The first kappa shape index (κ1) is 9.39. The van der Waals surface area contributed by atoms with Crippen molar-refractivity contribution in [1.29, 1.82) is 0 Å². The second-order valence-electron chi connectivity index (χ2n) is 3.15. The van der Waals surface area contributed by atoms with Crippen molar-refractivity contribution in [1.82, 2.24) is 14.8 Å². The normalized spacial score (nSPS) is 10.1. The molecule has 5 nitrogen and oxygen atoms in total. The number of carbonyl (C=O) groups excluding carboxylic acids is 1. The Bertz CT molecular complexity index is 463. The molecule has 0 saturated carbocycles. The van der Waals surface area contributed by atoms with Crippen LogP contribution in [-0.4, -0.2) is 20.7 Å². The van der Waals surface area contributed by atoms with Gasteiger partial charge >= 0.3 is 0 Å². The summed E-state index contributed by atoms with van der Waals surface area (Å²) >= 11 is 0. The molecule has 2 aromatic rings. The lowest BCUT2D eigenvalue weighted by atomic mass is 10.2. The molecule has 0 bridgehead atoms. The molecule has 0 aliphatic rings. The summed E-state index contributed by atoms with van der Waals surface area (Å²) < 4.78 is 1.66. The highest BCUT2D eigenvalue weighted by molar-refractivity contribution is 5.76. The van der Waals surface area contributed by atoms with Crippen LogP contribution < -0.4 is 5.73 Å². The Labute approximate surface area is 86.5 Å². The third-order valence-electron chi connectivity index (χ3n) is 1.92. The van der Waals surface area contributed by atoms with Crippen LogP contribution in [0.1, 0.15) is 5.56 Å². The molecule has 0 saturated heterocycles. The van der Waals surface area contributed by atoms with Crippen LogP contribution in [0.5, 0.6) is 0 Å². The SMILES string of the molecule is NC(=O)Cc1cnn(-c2cccnc2)c1. The summed E-state index contributed by atoms with van der Waals surface area (Å²) in [6, 6.07) is 3.71. The van der Waals surface area contributed by atoms with E-state index in [1.165, 1.54) is 0 Å².